The topological polar surface area (TPSA) is 95.6 Å². The fourth-order valence-corrected chi connectivity index (χ4v) is 4.97. The van der Waals surface area contributed by atoms with Crippen LogP contribution in [-0.4, -0.2) is 4.57 Å². The molecule has 1 unspecified atom stereocenters. The third kappa shape index (κ3) is 3.56. The highest BCUT2D eigenvalue weighted by molar-refractivity contribution is 7.07. The first-order valence-electron chi connectivity index (χ1n) is 10.5. The van der Waals surface area contributed by atoms with Crippen molar-refractivity contribution in [2.45, 2.75) is 32.6 Å². The van der Waals surface area contributed by atoms with Crippen LogP contribution in [0.15, 0.2) is 58.9 Å². The number of benzene rings is 2. The standard InChI is InChI=1S/C26H22N4OS/c1-3-16-5-7-18(8-6-16)13-22-26(31)32-25-21(15-28)23(20(14-27)24(29)30(22)25)19-11-9-17(4-2)10-12-19/h5-13,23H,3-4,29H2,1-2H3/b22-13-. The van der Waals surface area contributed by atoms with Gasteiger partial charge in [-0.25, -0.2) is 0 Å². The molecule has 0 saturated heterocycles. The van der Waals surface area contributed by atoms with Gasteiger partial charge in [0, 0.05) is 0 Å². The summed E-state index contributed by atoms with van der Waals surface area (Å²) in [5.74, 6) is -0.397. The summed E-state index contributed by atoms with van der Waals surface area (Å²) in [6.45, 7) is 4.15. The van der Waals surface area contributed by atoms with Gasteiger partial charge in [-0.05, 0) is 41.2 Å². The number of thiazole rings is 1. The Kier molecular flexibility index (Phi) is 5.81. The number of hydrogen-bond acceptors (Lipinski definition) is 5. The van der Waals surface area contributed by atoms with Gasteiger partial charge in [0.15, 0.2) is 0 Å². The molecule has 0 fully saturated rings. The van der Waals surface area contributed by atoms with Crippen LogP contribution < -0.4 is 20.5 Å². The Bertz CT molecular complexity index is 1470. The molecule has 1 aliphatic rings. The molecule has 2 N–H and O–H groups in total. The first-order chi connectivity index (χ1) is 15.5. The third-order valence-electron chi connectivity index (χ3n) is 5.82. The molecule has 0 bridgehead atoms. The molecular weight excluding hydrogens is 416 g/mol. The maximum absolute atomic E-state index is 12.9. The van der Waals surface area contributed by atoms with E-state index in [1.54, 1.807) is 10.6 Å². The van der Waals surface area contributed by atoms with Crippen LogP contribution in [0.1, 0.15) is 42.0 Å². The summed E-state index contributed by atoms with van der Waals surface area (Å²) in [7, 11) is 0. The molecule has 3 aromatic rings. The lowest BCUT2D eigenvalue weighted by Gasteiger charge is -2.23. The molecule has 158 valence electrons. The van der Waals surface area contributed by atoms with Gasteiger partial charge in [0.2, 0.25) is 0 Å². The van der Waals surface area contributed by atoms with E-state index in [-0.39, 0.29) is 16.1 Å². The number of nitriles is 2. The minimum Gasteiger partial charge on any atom is -0.384 e. The Morgan fingerprint density at radius 1 is 0.969 bits per heavy atom. The average molecular weight is 439 g/mol. The van der Waals surface area contributed by atoms with Gasteiger partial charge in [-0.1, -0.05) is 73.7 Å². The van der Waals surface area contributed by atoms with Crippen molar-refractivity contribution in [3.63, 3.8) is 0 Å². The second kappa shape index (κ2) is 8.70. The fraction of sp³-hybridized carbons (Fsp3) is 0.192. The van der Waals surface area contributed by atoms with Crippen LogP contribution in [0.2, 0.25) is 0 Å². The van der Waals surface area contributed by atoms with Gasteiger partial charge >= 0.3 is 0 Å². The number of fused-ring (bicyclic) bond motifs is 1. The number of rotatable bonds is 4. The zero-order valence-electron chi connectivity index (χ0n) is 17.9. The van der Waals surface area contributed by atoms with Gasteiger partial charge in [-0.3, -0.25) is 9.36 Å². The molecular formula is C26H22N4OS. The van der Waals surface area contributed by atoms with E-state index in [0.29, 0.717) is 15.6 Å². The number of allylic oxidation sites excluding steroid dienone is 1. The highest BCUT2D eigenvalue weighted by Crippen LogP contribution is 2.35. The summed E-state index contributed by atoms with van der Waals surface area (Å²) < 4.78 is 1.85. The molecule has 2 aromatic carbocycles. The summed E-state index contributed by atoms with van der Waals surface area (Å²) in [6.07, 6.45) is 3.58. The molecule has 0 aliphatic carbocycles. The van der Waals surface area contributed by atoms with Crippen LogP contribution >= 0.6 is 11.3 Å². The first-order valence-corrected chi connectivity index (χ1v) is 11.3. The van der Waals surface area contributed by atoms with Crippen LogP contribution in [0.25, 0.3) is 17.5 Å². The maximum Gasteiger partial charge on any atom is 0.258 e. The molecule has 0 spiro atoms. The number of nitrogens with two attached hydrogens (primary N) is 1. The highest BCUT2D eigenvalue weighted by atomic mass is 32.1. The Hall–Kier alpha value is -3.87. The smallest absolute Gasteiger partial charge is 0.258 e. The van der Waals surface area contributed by atoms with E-state index in [0.717, 1.165) is 40.9 Å². The maximum atomic E-state index is 12.9. The molecule has 5 nitrogen and oxygen atoms in total. The number of aryl methyl sites for hydroxylation is 2. The van der Waals surface area contributed by atoms with Crippen molar-refractivity contribution < 1.29 is 0 Å². The minimum absolute atomic E-state index is 0.195. The Balaban J connectivity index is 2.00. The van der Waals surface area contributed by atoms with Crippen molar-refractivity contribution in [1.29, 1.82) is 10.5 Å². The van der Waals surface area contributed by atoms with Crippen LogP contribution in [0, 0.1) is 22.7 Å². The van der Waals surface area contributed by atoms with Gasteiger partial charge < -0.3 is 5.73 Å². The van der Waals surface area contributed by atoms with Gasteiger partial charge in [-0.15, -0.1) is 0 Å². The molecule has 32 heavy (non-hydrogen) atoms. The summed E-state index contributed by atoms with van der Waals surface area (Å²) in [5, 5.41) is 20.4. The molecule has 2 heterocycles. The van der Waals surface area contributed by atoms with Gasteiger partial charge in [-0.2, -0.15) is 10.5 Å². The van der Waals surface area contributed by atoms with Crippen molar-refractivity contribution in [2.75, 3.05) is 0 Å². The van der Waals surface area contributed by atoms with E-state index in [9.17, 15) is 15.3 Å². The Morgan fingerprint density at radius 2 is 1.53 bits per heavy atom. The molecule has 1 aliphatic heterocycles. The molecule has 4 rings (SSSR count). The number of nitrogens with zero attached hydrogens (tertiary/aromatic N) is 3. The van der Waals surface area contributed by atoms with E-state index in [4.69, 9.17) is 5.73 Å². The monoisotopic (exact) mass is 438 g/mol. The Labute approximate surface area is 190 Å². The van der Waals surface area contributed by atoms with Crippen molar-refractivity contribution in [3.05, 3.63) is 95.9 Å². The third-order valence-corrected chi connectivity index (χ3v) is 6.81. The summed E-state index contributed by atoms with van der Waals surface area (Å²) in [6, 6.07) is 20.2. The highest BCUT2D eigenvalue weighted by Gasteiger charge is 2.31. The lowest BCUT2D eigenvalue weighted by atomic mass is 9.84. The van der Waals surface area contributed by atoms with Crippen molar-refractivity contribution in [1.82, 2.24) is 4.57 Å². The van der Waals surface area contributed by atoms with Crippen molar-refractivity contribution >= 4 is 28.8 Å². The van der Waals surface area contributed by atoms with Crippen LogP contribution in [0.3, 0.4) is 0 Å². The second-order valence-corrected chi connectivity index (χ2v) is 8.58. The van der Waals surface area contributed by atoms with Crippen LogP contribution in [0.5, 0.6) is 0 Å². The van der Waals surface area contributed by atoms with Crippen molar-refractivity contribution in [2.24, 2.45) is 5.73 Å². The number of hydrogen-bond donors (Lipinski definition) is 1. The van der Waals surface area contributed by atoms with E-state index < -0.39 is 5.92 Å². The molecule has 1 atom stereocenters. The molecule has 0 amide bonds. The zero-order chi connectivity index (χ0) is 22.8. The van der Waals surface area contributed by atoms with E-state index in [2.05, 4.69) is 26.0 Å². The minimum atomic E-state index is -0.592. The predicted molar refractivity (Wildman–Crippen MR) is 128 cm³/mol. The lowest BCUT2D eigenvalue weighted by molar-refractivity contribution is 0.908. The predicted octanol–water partition coefficient (Wildman–Crippen LogP) is 2.99. The summed E-state index contributed by atoms with van der Waals surface area (Å²) in [5.41, 5.74) is 11.1. The van der Waals surface area contributed by atoms with Gasteiger partial charge in [0.1, 0.15) is 15.8 Å². The van der Waals surface area contributed by atoms with E-state index >= 15 is 0 Å². The van der Waals surface area contributed by atoms with Crippen molar-refractivity contribution in [3.8, 4) is 12.1 Å². The molecule has 0 radical (unpaired) electrons. The largest absolute Gasteiger partial charge is 0.384 e. The van der Waals surface area contributed by atoms with Gasteiger partial charge in [0.05, 0.1) is 29.2 Å². The quantitative estimate of drug-likeness (QED) is 0.677. The first kappa shape index (κ1) is 21.4. The summed E-state index contributed by atoms with van der Waals surface area (Å²) >= 11 is 0.992. The second-order valence-electron chi connectivity index (χ2n) is 7.62. The molecule has 0 saturated carbocycles. The lowest BCUT2D eigenvalue weighted by Crippen LogP contribution is -2.38. The number of aromatic nitrogens is 1. The molecule has 6 heteroatoms. The SMILES string of the molecule is CCc1ccc(/C=c2/c(=O)sc3n2C(N)=C(C#N)C(c2ccc(CC)cc2)C=3C#N)cc1. The normalized spacial score (nSPS) is 15.9. The van der Waals surface area contributed by atoms with Crippen LogP contribution in [0.4, 0.5) is 0 Å². The van der Waals surface area contributed by atoms with Gasteiger partial charge in [0.25, 0.3) is 4.74 Å². The fourth-order valence-electron chi connectivity index (χ4n) is 3.98. The average Bonchev–Trinajstić information content (AvgIpc) is 3.15. The zero-order valence-corrected chi connectivity index (χ0v) is 18.7. The van der Waals surface area contributed by atoms with E-state index in [1.807, 2.05) is 48.5 Å². The van der Waals surface area contributed by atoms with E-state index in [1.165, 1.54) is 5.56 Å². The molecule has 1 aromatic heterocycles. The Morgan fingerprint density at radius 3 is 2.06 bits per heavy atom. The van der Waals surface area contributed by atoms with Crippen LogP contribution in [-0.2, 0) is 12.8 Å². The summed E-state index contributed by atoms with van der Waals surface area (Å²) in [4.78, 5) is 12.9.